The predicted molar refractivity (Wildman–Crippen MR) is 110 cm³/mol. The number of benzene rings is 2. The molecule has 3 rings (SSSR count). The van der Waals surface area contributed by atoms with E-state index in [0.29, 0.717) is 5.70 Å². The molecule has 158 valence electrons. The van der Waals surface area contributed by atoms with Gasteiger partial charge in [-0.15, -0.1) is 0 Å². The third-order valence-corrected chi connectivity index (χ3v) is 5.14. The number of amides is 2. The van der Waals surface area contributed by atoms with Crippen LogP contribution in [0.1, 0.15) is 24.1 Å². The van der Waals surface area contributed by atoms with E-state index in [1.165, 1.54) is 30.2 Å². The molecule has 1 N–H and O–H groups in total. The molecule has 2 amide bonds. The molecule has 0 bridgehead atoms. The van der Waals surface area contributed by atoms with Gasteiger partial charge in [-0.2, -0.15) is 0 Å². The van der Waals surface area contributed by atoms with Crippen LogP contribution in [0.5, 0.6) is 0 Å². The van der Waals surface area contributed by atoms with E-state index in [4.69, 9.17) is 21.1 Å². The summed E-state index contributed by atoms with van der Waals surface area (Å²) in [6, 6.07) is 12.0. The van der Waals surface area contributed by atoms with Gasteiger partial charge in [0.05, 0.1) is 24.8 Å². The molecular weight excluding hydrogens is 411 g/mol. The molecule has 8 heteroatoms. The molecule has 0 radical (unpaired) electrons. The van der Waals surface area contributed by atoms with Gasteiger partial charge in [-0.05, 0) is 24.6 Å². The summed E-state index contributed by atoms with van der Waals surface area (Å²) in [6.07, 6.45) is 0. The summed E-state index contributed by atoms with van der Waals surface area (Å²) >= 11 is 6.22. The first-order chi connectivity index (χ1) is 14.4. The highest BCUT2D eigenvalue weighted by molar-refractivity contribution is 6.31. The second-order valence-corrected chi connectivity index (χ2v) is 7.12. The van der Waals surface area contributed by atoms with Crippen LogP contribution in [0.3, 0.4) is 0 Å². The van der Waals surface area contributed by atoms with E-state index in [0.717, 1.165) is 5.56 Å². The van der Waals surface area contributed by atoms with Gasteiger partial charge in [0.2, 0.25) is 0 Å². The van der Waals surface area contributed by atoms with Crippen molar-refractivity contribution in [3.05, 3.63) is 81.8 Å². The number of nitrogens with one attached hydrogen (secondary N) is 1. The van der Waals surface area contributed by atoms with E-state index in [9.17, 15) is 14.0 Å². The van der Waals surface area contributed by atoms with Gasteiger partial charge in [0.15, 0.2) is 0 Å². The quantitative estimate of drug-likeness (QED) is 0.525. The van der Waals surface area contributed by atoms with Crippen molar-refractivity contribution in [2.75, 3.05) is 20.3 Å². The zero-order chi connectivity index (χ0) is 21.7. The van der Waals surface area contributed by atoms with Crippen molar-refractivity contribution >= 4 is 23.6 Å². The van der Waals surface area contributed by atoms with E-state index < -0.39 is 23.9 Å². The van der Waals surface area contributed by atoms with Crippen LogP contribution < -0.4 is 5.32 Å². The van der Waals surface area contributed by atoms with Crippen molar-refractivity contribution in [2.45, 2.75) is 19.5 Å². The molecule has 0 fully saturated rings. The van der Waals surface area contributed by atoms with Crippen LogP contribution in [0.2, 0.25) is 5.02 Å². The number of hydrogen-bond donors (Lipinski definition) is 1. The molecule has 0 spiro atoms. The molecule has 2 aromatic carbocycles. The Morgan fingerprint density at radius 2 is 1.90 bits per heavy atom. The molecule has 0 aliphatic carbocycles. The average Bonchev–Trinajstić information content (AvgIpc) is 2.72. The van der Waals surface area contributed by atoms with E-state index in [1.807, 2.05) is 30.3 Å². The Morgan fingerprint density at radius 3 is 2.57 bits per heavy atom. The van der Waals surface area contributed by atoms with Gasteiger partial charge in [-0.3, -0.25) is 4.90 Å². The van der Waals surface area contributed by atoms with Crippen molar-refractivity contribution in [1.29, 1.82) is 0 Å². The molecule has 1 unspecified atom stereocenters. The van der Waals surface area contributed by atoms with Crippen LogP contribution >= 0.6 is 11.6 Å². The van der Waals surface area contributed by atoms with Crippen LogP contribution in [0.4, 0.5) is 9.18 Å². The van der Waals surface area contributed by atoms with Crippen molar-refractivity contribution in [3.63, 3.8) is 0 Å². The topological polar surface area (TPSA) is 67.9 Å². The maximum Gasteiger partial charge on any atom is 0.338 e. The smallest absolute Gasteiger partial charge is 0.338 e. The molecule has 1 heterocycles. The molecule has 0 saturated carbocycles. The highest BCUT2D eigenvalue weighted by atomic mass is 35.5. The highest BCUT2D eigenvalue weighted by Gasteiger charge is 2.38. The molecule has 6 nitrogen and oxygen atoms in total. The van der Waals surface area contributed by atoms with Crippen LogP contribution in [0.25, 0.3) is 0 Å². The Bertz CT molecular complexity index is 945. The maximum absolute atomic E-state index is 14.6. The Labute approximate surface area is 179 Å². The molecule has 2 aromatic rings. The number of rotatable bonds is 7. The summed E-state index contributed by atoms with van der Waals surface area (Å²) in [6.45, 7) is 2.11. The molecule has 0 aromatic heterocycles. The monoisotopic (exact) mass is 432 g/mol. The molecule has 30 heavy (non-hydrogen) atoms. The standard InChI is InChI=1S/C22H22ClFN2O4/c1-14-18(21(27)30-12-11-29-2)20(19-16(23)9-6-10-17(19)24)25-22(28)26(14)13-15-7-4-3-5-8-15/h3-10,20H,11-13H2,1-2H3,(H,25,28). The van der Waals surface area contributed by atoms with Gasteiger partial charge in [-0.25, -0.2) is 14.0 Å². The fourth-order valence-electron chi connectivity index (χ4n) is 3.30. The lowest BCUT2D eigenvalue weighted by Gasteiger charge is -2.35. The number of esters is 1. The molecule has 0 saturated heterocycles. The van der Waals surface area contributed by atoms with Crippen molar-refractivity contribution in [2.24, 2.45) is 0 Å². The number of halogens is 2. The summed E-state index contributed by atoms with van der Waals surface area (Å²) in [4.78, 5) is 27.2. The SMILES string of the molecule is COCCOC(=O)C1=C(C)N(Cc2ccccc2)C(=O)NC1c1c(F)cccc1Cl. The molecule has 1 aliphatic rings. The van der Waals surface area contributed by atoms with Gasteiger partial charge in [0.25, 0.3) is 0 Å². The summed E-state index contributed by atoms with van der Waals surface area (Å²) < 4.78 is 24.8. The third kappa shape index (κ3) is 4.63. The number of allylic oxidation sites excluding steroid dienone is 1. The summed E-state index contributed by atoms with van der Waals surface area (Å²) in [5.74, 6) is -1.30. The lowest BCUT2D eigenvalue weighted by atomic mass is 9.94. The Kier molecular flexibility index (Phi) is 7.07. The van der Waals surface area contributed by atoms with Crippen LogP contribution in [0, 0.1) is 5.82 Å². The largest absolute Gasteiger partial charge is 0.460 e. The van der Waals surface area contributed by atoms with E-state index in [2.05, 4.69) is 5.32 Å². The highest BCUT2D eigenvalue weighted by Crippen LogP contribution is 2.36. The van der Waals surface area contributed by atoms with Crippen LogP contribution in [-0.2, 0) is 20.8 Å². The first-order valence-electron chi connectivity index (χ1n) is 9.36. The number of ether oxygens (including phenoxy) is 2. The molecule has 1 aliphatic heterocycles. The minimum Gasteiger partial charge on any atom is -0.460 e. The number of nitrogens with zero attached hydrogens (tertiary/aromatic N) is 1. The van der Waals surface area contributed by atoms with Crippen LogP contribution in [0.15, 0.2) is 59.8 Å². The van der Waals surface area contributed by atoms with E-state index in [-0.39, 0.29) is 35.9 Å². The van der Waals surface area contributed by atoms with Gasteiger partial charge >= 0.3 is 12.0 Å². The zero-order valence-corrected chi connectivity index (χ0v) is 17.4. The number of methoxy groups -OCH3 is 1. The Hall–Kier alpha value is -2.90. The summed E-state index contributed by atoms with van der Waals surface area (Å²) in [5.41, 5.74) is 1.38. The molecule has 1 atom stereocenters. The Balaban J connectivity index is 2.04. The van der Waals surface area contributed by atoms with Crippen molar-refractivity contribution in [3.8, 4) is 0 Å². The number of carbonyl (C=O) groups excluding carboxylic acids is 2. The fourth-order valence-corrected chi connectivity index (χ4v) is 3.57. The first-order valence-corrected chi connectivity index (χ1v) is 9.74. The van der Waals surface area contributed by atoms with Gasteiger partial charge in [0, 0.05) is 23.4 Å². The minimum atomic E-state index is -1.08. The summed E-state index contributed by atoms with van der Waals surface area (Å²) in [7, 11) is 1.49. The number of urea groups is 1. The average molecular weight is 433 g/mol. The predicted octanol–water partition coefficient (Wildman–Crippen LogP) is 4.21. The summed E-state index contributed by atoms with van der Waals surface area (Å²) in [5, 5.41) is 2.81. The van der Waals surface area contributed by atoms with Crippen molar-refractivity contribution in [1.82, 2.24) is 10.2 Å². The lowest BCUT2D eigenvalue weighted by Crippen LogP contribution is -2.48. The van der Waals surface area contributed by atoms with Gasteiger partial charge in [0.1, 0.15) is 12.4 Å². The minimum absolute atomic E-state index is 0.0184. The second-order valence-electron chi connectivity index (χ2n) is 6.72. The van der Waals surface area contributed by atoms with Crippen LogP contribution in [-0.4, -0.2) is 37.2 Å². The van der Waals surface area contributed by atoms with E-state index in [1.54, 1.807) is 6.92 Å². The molecular formula is C22H22ClFN2O4. The number of carbonyl (C=O) groups is 2. The van der Waals surface area contributed by atoms with E-state index >= 15 is 0 Å². The first kappa shape index (κ1) is 21.8. The lowest BCUT2D eigenvalue weighted by molar-refractivity contribution is -0.140. The second kappa shape index (κ2) is 9.73. The Morgan fingerprint density at radius 1 is 1.17 bits per heavy atom. The van der Waals surface area contributed by atoms with Crippen molar-refractivity contribution < 1.29 is 23.5 Å². The maximum atomic E-state index is 14.6. The fraction of sp³-hybridized carbons (Fsp3) is 0.273. The van der Waals surface area contributed by atoms with Gasteiger partial charge in [-0.1, -0.05) is 48.0 Å². The third-order valence-electron chi connectivity index (χ3n) is 4.81. The van der Waals surface area contributed by atoms with Gasteiger partial charge < -0.3 is 14.8 Å². The number of hydrogen-bond acceptors (Lipinski definition) is 4. The zero-order valence-electron chi connectivity index (χ0n) is 16.7. The normalized spacial score (nSPS) is 16.5.